The monoisotopic (exact) mass is 347 g/mol. The summed E-state index contributed by atoms with van der Waals surface area (Å²) in [5.74, 6) is 0. The topological polar surface area (TPSA) is 44.4 Å². The Hall–Kier alpha value is -2.92. The third-order valence-corrected chi connectivity index (χ3v) is 5.09. The van der Waals surface area contributed by atoms with Crippen LogP contribution >= 0.6 is 11.8 Å². The molecule has 0 aromatic heterocycles. The van der Waals surface area contributed by atoms with Crippen molar-refractivity contribution in [3.05, 3.63) is 78.9 Å². The Kier molecular flexibility index (Phi) is 4.31. The standard InChI is InChI=1S/C20H17N3OS/c24-20(22-15-8-2-1-3-9-15)21-14-23-16-10-4-6-12-18(16)25-19-13-7-5-11-17(19)23/h1-13H,14H2,(H2,21,22,24). The molecule has 0 spiro atoms. The summed E-state index contributed by atoms with van der Waals surface area (Å²) in [6.45, 7) is 0.396. The van der Waals surface area contributed by atoms with Crippen molar-refractivity contribution in [1.29, 1.82) is 0 Å². The largest absolute Gasteiger partial charge is 0.321 e. The number of carbonyl (C=O) groups is 1. The molecule has 0 saturated heterocycles. The lowest BCUT2D eigenvalue weighted by molar-refractivity contribution is 0.252. The van der Waals surface area contributed by atoms with E-state index in [0.717, 1.165) is 17.1 Å². The maximum Gasteiger partial charge on any atom is 0.320 e. The number of amides is 2. The van der Waals surface area contributed by atoms with Crippen LogP contribution in [0.3, 0.4) is 0 Å². The molecule has 0 atom stereocenters. The Bertz CT molecular complexity index is 853. The number of hydrogen-bond donors (Lipinski definition) is 2. The molecule has 0 unspecified atom stereocenters. The van der Waals surface area contributed by atoms with E-state index in [4.69, 9.17) is 0 Å². The Morgan fingerprint density at radius 3 is 2.00 bits per heavy atom. The summed E-state index contributed by atoms with van der Waals surface area (Å²) < 4.78 is 0. The van der Waals surface area contributed by atoms with Gasteiger partial charge in [0, 0.05) is 15.5 Å². The van der Waals surface area contributed by atoms with Crippen LogP contribution in [0.5, 0.6) is 0 Å². The van der Waals surface area contributed by atoms with Crippen molar-refractivity contribution in [2.75, 3.05) is 16.9 Å². The summed E-state index contributed by atoms with van der Waals surface area (Å²) >= 11 is 1.75. The van der Waals surface area contributed by atoms with E-state index >= 15 is 0 Å². The highest BCUT2D eigenvalue weighted by molar-refractivity contribution is 7.99. The molecule has 5 heteroatoms. The van der Waals surface area contributed by atoms with Gasteiger partial charge in [-0.3, -0.25) is 0 Å². The second kappa shape index (κ2) is 6.91. The Morgan fingerprint density at radius 1 is 0.800 bits per heavy atom. The van der Waals surface area contributed by atoms with E-state index < -0.39 is 0 Å². The fourth-order valence-electron chi connectivity index (χ4n) is 2.80. The van der Waals surface area contributed by atoms with E-state index in [9.17, 15) is 4.79 Å². The van der Waals surface area contributed by atoms with Crippen molar-refractivity contribution >= 4 is 34.9 Å². The molecule has 0 saturated carbocycles. The van der Waals surface area contributed by atoms with Crippen LogP contribution in [0.4, 0.5) is 21.9 Å². The second-order valence-electron chi connectivity index (χ2n) is 5.62. The molecular weight excluding hydrogens is 330 g/mol. The van der Waals surface area contributed by atoms with Crippen molar-refractivity contribution in [3.63, 3.8) is 0 Å². The van der Waals surface area contributed by atoms with Gasteiger partial charge in [-0.1, -0.05) is 54.2 Å². The van der Waals surface area contributed by atoms with Crippen molar-refractivity contribution in [2.45, 2.75) is 9.79 Å². The number of rotatable bonds is 3. The molecule has 0 fully saturated rings. The van der Waals surface area contributed by atoms with Crippen LogP contribution in [0.15, 0.2) is 88.7 Å². The van der Waals surface area contributed by atoms with Crippen LogP contribution in [0.2, 0.25) is 0 Å². The summed E-state index contributed by atoms with van der Waals surface area (Å²) in [5, 5.41) is 5.80. The molecular formula is C20H17N3OS. The highest BCUT2D eigenvalue weighted by atomic mass is 32.2. The summed E-state index contributed by atoms with van der Waals surface area (Å²) in [5.41, 5.74) is 2.98. The van der Waals surface area contributed by atoms with E-state index in [1.165, 1.54) is 9.79 Å². The summed E-state index contributed by atoms with van der Waals surface area (Å²) in [6, 6.07) is 25.7. The number of urea groups is 1. The maximum atomic E-state index is 12.2. The van der Waals surface area contributed by atoms with Gasteiger partial charge in [0.25, 0.3) is 0 Å². The van der Waals surface area contributed by atoms with E-state index in [-0.39, 0.29) is 6.03 Å². The van der Waals surface area contributed by atoms with Crippen LogP contribution in [0, 0.1) is 0 Å². The predicted octanol–water partition coefficient (Wildman–Crippen LogP) is 5.07. The van der Waals surface area contributed by atoms with Crippen LogP contribution in [0.25, 0.3) is 0 Å². The van der Waals surface area contributed by atoms with Crippen LogP contribution in [0.1, 0.15) is 0 Å². The van der Waals surface area contributed by atoms with Gasteiger partial charge >= 0.3 is 6.03 Å². The summed E-state index contributed by atoms with van der Waals surface area (Å²) in [4.78, 5) is 16.7. The van der Waals surface area contributed by atoms with E-state index in [0.29, 0.717) is 6.67 Å². The van der Waals surface area contributed by atoms with Crippen LogP contribution in [-0.2, 0) is 0 Å². The van der Waals surface area contributed by atoms with Gasteiger partial charge in [0.15, 0.2) is 0 Å². The maximum absolute atomic E-state index is 12.2. The summed E-state index contributed by atoms with van der Waals surface area (Å²) in [6.07, 6.45) is 0. The SMILES string of the molecule is O=C(NCN1c2ccccc2Sc2ccccc21)Nc1ccccc1. The van der Waals surface area contributed by atoms with Gasteiger partial charge in [-0.2, -0.15) is 0 Å². The number of nitrogens with zero attached hydrogens (tertiary/aromatic N) is 1. The first-order valence-electron chi connectivity index (χ1n) is 8.04. The lowest BCUT2D eigenvalue weighted by atomic mass is 10.2. The van der Waals surface area contributed by atoms with Crippen LogP contribution in [-0.4, -0.2) is 12.7 Å². The molecule has 3 aromatic rings. The van der Waals surface area contributed by atoms with E-state index in [1.54, 1.807) is 11.8 Å². The van der Waals surface area contributed by atoms with Crippen molar-refractivity contribution in [3.8, 4) is 0 Å². The normalized spacial score (nSPS) is 12.1. The zero-order valence-electron chi connectivity index (χ0n) is 13.5. The number of nitrogens with one attached hydrogen (secondary N) is 2. The van der Waals surface area contributed by atoms with Crippen molar-refractivity contribution in [1.82, 2.24) is 5.32 Å². The van der Waals surface area contributed by atoms with Gasteiger partial charge < -0.3 is 15.5 Å². The molecule has 25 heavy (non-hydrogen) atoms. The molecule has 1 aliphatic heterocycles. The molecule has 3 aromatic carbocycles. The average molecular weight is 347 g/mol. The molecule has 2 N–H and O–H groups in total. The molecule has 0 bridgehead atoms. The fraction of sp³-hybridized carbons (Fsp3) is 0.0500. The van der Waals surface area contributed by atoms with E-state index in [2.05, 4.69) is 39.8 Å². The molecule has 124 valence electrons. The van der Waals surface area contributed by atoms with Gasteiger partial charge in [-0.05, 0) is 36.4 Å². The minimum Gasteiger partial charge on any atom is -0.321 e. The quantitative estimate of drug-likeness (QED) is 0.695. The summed E-state index contributed by atoms with van der Waals surface area (Å²) in [7, 11) is 0. The number of benzene rings is 3. The highest BCUT2D eigenvalue weighted by Gasteiger charge is 2.22. The number of fused-ring (bicyclic) bond motifs is 2. The predicted molar refractivity (Wildman–Crippen MR) is 103 cm³/mol. The van der Waals surface area contributed by atoms with Crippen molar-refractivity contribution in [2.24, 2.45) is 0 Å². The minimum atomic E-state index is -0.223. The second-order valence-corrected chi connectivity index (χ2v) is 6.70. The fourth-order valence-corrected chi connectivity index (χ4v) is 3.89. The average Bonchev–Trinajstić information content (AvgIpc) is 2.66. The Balaban J connectivity index is 1.53. The van der Waals surface area contributed by atoms with E-state index in [1.807, 2.05) is 54.6 Å². The molecule has 0 radical (unpaired) electrons. The van der Waals surface area contributed by atoms with Crippen LogP contribution < -0.4 is 15.5 Å². The lowest BCUT2D eigenvalue weighted by Gasteiger charge is -2.32. The molecule has 4 nitrogen and oxygen atoms in total. The zero-order valence-corrected chi connectivity index (χ0v) is 14.3. The number of carbonyl (C=O) groups excluding carboxylic acids is 1. The third-order valence-electron chi connectivity index (χ3n) is 3.96. The Labute approximate surface area is 150 Å². The van der Waals surface area contributed by atoms with Gasteiger partial charge in [0.1, 0.15) is 0 Å². The molecule has 1 aliphatic rings. The Morgan fingerprint density at radius 2 is 1.36 bits per heavy atom. The first kappa shape index (κ1) is 15.6. The minimum absolute atomic E-state index is 0.223. The zero-order chi connectivity index (χ0) is 17.1. The van der Waals surface area contributed by atoms with Gasteiger partial charge in [-0.25, -0.2) is 4.79 Å². The number of anilines is 3. The molecule has 0 aliphatic carbocycles. The number of para-hydroxylation sites is 3. The molecule has 1 heterocycles. The first-order valence-corrected chi connectivity index (χ1v) is 8.86. The third kappa shape index (κ3) is 3.32. The van der Waals surface area contributed by atoms with Gasteiger partial charge in [0.2, 0.25) is 0 Å². The smallest absolute Gasteiger partial charge is 0.320 e. The lowest BCUT2D eigenvalue weighted by Crippen LogP contribution is -2.38. The van der Waals surface area contributed by atoms with Gasteiger partial charge in [-0.15, -0.1) is 0 Å². The molecule has 2 amide bonds. The van der Waals surface area contributed by atoms with Crippen molar-refractivity contribution < 1.29 is 4.79 Å². The molecule has 4 rings (SSSR count). The number of hydrogen-bond acceptors (Lipinski definition) is 3. The highest BCUT2D eigenvalue weighted by Crippen LogP contribution is 2.47. The first-order chi connectivity index (χ1) is 12.3. The van der Waals surface area contributed by atoms with Gasteiger partial charge in [0.05, 0.1) is 18.0 Å².